The fourth-order valence-corrected chi connectivity index (χ4v) is 3.15. The molecule has 2 rings (SSSR count). The Morgan fingerprint density at radius 3 is 2.82 bits per heavy atom. The Hall–Kier alpha value is -0.940. The maximum atomic E-state index is 12.3. The van der Waals surface area contributed by atoms with Crippen molar-refractivity contribution in [2.75, 3.05) is 7.05 Å². The molecule has 1 aliphatic carbocycles. The first kappa shape index (κ1) is 12.5. The minimum atomic E-state index is -0.383. The van der Waals surface area contributed by atoms with Gasteiger partial charge in [-0.05, 0) is 19.8 Å². The zero-order chi connectivity index (χ0) is 12.4. The van der Waals surface area contributed by atoms with Crippen LogP contribution in [0.15, 0.2) is 5.51 Å². The number of amides is 1. The van der Waals surface area contributed by atoms with Crippen molar-refractivity contribution >= 4 is 17.2 Å². The van der Waals surface area contributed by atoms with Gasteiger partial charge in [0.15, 0.2) is 0 Å². The maximum absolute atomic E-state index is 12.3. The molecule has 1 N–H and O–H groups in total. The molecular formula is C12H18N2O2S. The number of nitrogens with zero attached hydrogens (tertiary/aromatic N) is 2. The van der Waals surface area contributed by atoms with Crippen molar-refractivity contribution in [2.45, 2.75) is 44.8 Å². The molecule has 0 aromatic carbocycles. The third-order valence-electron chi connectivity index (χ3n) is 3.45. The molecule has 0 bridgehead atoms. The monoisotopic (exact) mass is 254 g/mol. The van der Waals surface area contributed by atoms with E-state index in [-0.39, 0.29) is 18.1 Å². The lowest BCUT2D eigenvalue weighted by Gasteiger charge is -2.35. The second-order valence-corrected chi connectivity index (χ2v) is 5.46. The first-order chi connectivity index (χ1) is 8.11. The van der Waals surface area contributed by atoms with Crippen LogP contribution in [0.25, 0.3) is 0 Å². The summed E-state index contributed by atoms with van der Waals surface area (Å²) in [5.41, 5.74) is 2.46. The number of rotatable bonds is 2. The molecule has 1 fully saturated rings. The molecule has 1 heterocycles. The molecule has 2 unspecified atom stereocenters. The van der Waals surface area contributed by atoms with E-state index in [4.69, 9.17) is 0 Å². The SMILES string of the molecule is Cc1ncsc1C(=O)N(C)C1CCCCC1O. The smallest absolute Gasteiger partial charge is 0.265 e. The van der Waals surface area contributed by atoms with E-state index in [0.717, 1.165) is 31.4 Å². The Bertz CT molecular complexity index is 405. The Labute approximate surface area is 105 Å². The van der Waals surface area contributed by atoms with Crippen molar-refractivity contribution in [1.29, 1.82) is 0 Å². The second-order valence-electron chi connectivity index (χ2n) is 4.60. The molecule has 0 aliphatic heterocycles. The third kappa shape index (κ3) is 2.50. The van der Waals surface area contributed by atoms with E-state index >= 15 is 0 Å². The Morgan fingerprint density at radius 2 is 2.24 bits per heavy atom. The van der Waals surface area contributed by atoms with Crippen LogP contribution in [-0.4, -0.2) is 40.1 Å². The highest BCUT2D eigenvalue weighted by Gasteiger charge is 2.30. The number of aliphatic hydroxyl groups excluding tert-OH is 1. The summed E-state index contributed by atoms with van der Waals surface area (Å²) in [6.07, 6.45) is 3.44. The van der Waals surface area contributed by atoms with Gasteiger partial charge >= 0.3 is 0 Å². The van der Waals surface area contributed by atoms with Gasteiger partial charge < -0.3 is 10.0 Å². The van der Waals surface area contributed by atoms with Crippen molar-refractivity contribution in [2.24, 2.45) is 0 Å². The van der Waals surface area contributed by atoms with Crippen molar-refractivity contribution in [3.63, 3.8) is 0 Å². The fourth-order valence-electron chi connectivity index (χ4n) is 2.36. The Morgan fingerprint density at radius 1 is 1.53 bits per heavy atom. The van der Waals surface area contributed by atoms with Gasteiger partial charge in [-0.15, -0.1) is 11.3 Å². The average molecular weight is 254 g/mol. The van der Waals surface area contributed by atoms with Crippen LogP contribution in [0.1, 0.15) is 41.0 Å². The maximum Gasteiger partial charge on any atom is 0.265 e. The first-order valence-electron chi connectivity index (χ1n) is 5.96. The molecule has 5 heteroatoms. The van der Waals surface area contributed by atoms with E-state index in [1.165, 1.54) is 11.3 Å². The summed E-state index contributed by atoms with van der Waals surface area (Å²) < 4.78 is 0. The minimum absolute atomic E-state index is 0.0176. The predicted molar refractivity (Wildman–Crippen MR) is 67.2 cm³/mol. The van der Waals surface area contributed by atoms with Crippen molar-refractivity contribution < 1.29 is 9.90 Å². The van der Waals surface area contributed by atoms with Crippen molar-refractivity contribution in [3.05, 3.63) is 16.1 Å². The number of hydrogen-bond donors (Lipinski definition) is 1. The van der Waals surface area contributed by atoms with Gasteiger partial charge in [-0.2, -0.15) is 0 Å². The number of aromatic nitrogens is 1. The summed E-state index contributed by atoms with van der Waals surface area (Å²) >= 11 is 1.37. The summed E-state index contributed by atoms with van der Waals surface area (Å²) in [6.45, 7) is 1.84. The zero-order valence-corrected chi connectivity index (χ0v) is 11.0. The predicted octanol–water partition coefficient (Wildman–Crippen LogP) is 1.83. The van der Waals surface area contributed by atoms with Crippen LogP contribution in [0.5, 0.6) is 0 Å². The highest BCUT2D eigenvalue weighted by Crippen LogP contribution is 2.25. The fraction of sp³-hybridized carbons (Fsp3) is 0.667. The van der Waals surface area contributed by atoms with Crippen LogP contribution < -0.4 is 0 Å². The number of aryl methyl sites for hydroxylation is 1. The third-order valence-corrected chi connectivity index (χ3v) is 4.37. The summed E-state index contributed by atoms with van der Waals surface area (Å²) in [7, 11) is 1.78. The molecule has 94 valence electrons. The topological polar surface area (TPSA) is 53.4 Å². The Kier molecular flexibility index (Phi) is 3.79. The lowest BCUT2D eigenvalue weighted by Crippen LogP contribution is -2.46. The van der Waals surface area contributed by atoms with E-state index < -0.39 is 0 Å². The van der Waals surface area contributed by atoms with Gasteiger partial charge in [0.1, 0.15) is 4.88 Å². The van der Waals surface area contributed by atoms with Crippen LogP contribution in [0.3, 0.4) is 0 Å². The number of carbonyl (C=O) groups excluding carboxylic acids is 1. The van der Waals surface area contributed by atoms with E-state index in [1.54, 1.807) is 17.5 Å². The quantitative estimate of drug-likeness (QED) is 0.876. The highest BCUT2D eigenvalue weighted by molar-refractivity contribution is 7.11. The highest BCUT2D eigenvalue weighted by atomic mass is 32.1. The number of hydrogen-bond acceptors (Lipinski definition) is 4. The molecule has 1 aromatic rings. The summed E-state index contributed by atoms with van der Waals surface area (Å²) in [5.74, 6) is -0.0176. The number of aliphatic hydroxyl groups is 1. The van der Waals surface area contributed by atoms with Gasteiger partial charge in [-0.1, -0.05) is 12.8 Å². The van der Waals surface area contributed by atoms with E-state index in [9.17, 15) is 9.90 Å². The second kappa shape index (κ2) is 5.14. The summed E-state index contributed by atoms with van der Waals surface area (Å²) in [6, 6.07) is -0.0437. The van der Waals surface area contributed by atoms with Gasteiger partial charge in [0.25, 0.3) is 5.91 Å². The molecule has 1 saturated carbocycles. The summed E-state index contributed by atoms with van der Waals surface area (Å²) in [5, 5.41) is 9.95. The standard InChI is InChI=1S/C12H18N2O2S/c1-8-11(17-7-13-8)12(16)14(2)9-5-3-4-6-10(9)15/h7,9-10,15H,3-6H2,1-2H3. The first-order valence-corrected chi connectivity index (χ1v) is 6.84. The molecule has 4 nitrogen and oxygen atoms in total. The molecule has 1 aromatic heterocycles. The van der Waals surface area contributed by atoms with Crippen LogP contribution >= 0.6 is 11.3 Å². The molecule has 1 aliphatic rings. The van der Waals surface area contributed by atoms with Gasteiger partial charge in [-0.3, -0.25) is 4.79 Å². The number of carbonyl (C=O) groups is 1. The van der Waals surface area contributed by atoms with Gasteiger partial charge in [0, 0.05) is 7.05 Å². The van der Waals surface area contributed by atoms with Crippen LogP contribution in [0.4, 0.5) is 0 Å². The molecule has 0 saturated heterocycles. The largest absolute Gasteiger partial charge is 0.391 e. The molecule has 17 heavy (non-hydrogen) atoms. The average Bonchev–Trinajstić information content (AvgIpc) is 2.74. The molecule has 0 spiro atoms. The zero-order valence-electron chi connectivity index (χ0n) is 10.2. The van der Waals surface area contributed by atoms with Crippen molar-refractivity contribution in [3.8, 4) is 0 Å². The van der Waals surface area contributed by atoms with Crippen molar-refractivity contribution in [1.82, 2.24) is 9.88 Å². The normalized spacial score (nSPS) is 24.6. The van der Waals surface area contributed by atoms with Gasteiger partial charge in [0.05, 0.1) is 23.4 Å². The van der Waals surface area contributed by atoms with E-state index in [2.05, 4.69) is 4.98 Å². The number of thiazole rings is 1. The van der Waals surface area contributed by atoms with Crippen LogP contribution in [-0.2, 0) is 0 Å². The van der Waals surface area contributed by atoms with Gasteiger partial charge in [0.2, 0.25) is 0 Å². The van der Waals surface area contributed by atoms with Crippen LogP contribution in [0.2, 0.25) is 0 Å². The summed E-state index contributed by atoms with van der Waals surface area (Å²) in [4.78, 5) is 18.7. The van der Waals surface area contributed by atoms with Crippen LogP contribution in [0, 0.1) is 6.92 Å². The molecule has 2 atom stereocenters. The van der Waals surface area contributed by atoms with E-state index in [1.807, 2.05) is 6.92 Å². The molecule has 0 radical (unpaired) electrons. The Balaban J connectivity index is 2.11. The lowest BCUT2D eigenvalue weighted by molar-refractivity contribution is 0.0270. The number of likely N-dealkylation sites (N-methyl/N-ethyl adjacent to an activating group) is 1. The molecular weight excluding hydrogens is 236 g/mol. The minimum Gasteiger partial charge on any atom is -0.391 e. The van der Waals surface area contributed by atoms with E-state index in [0.29, 0.717) is 4.88 Å². The lowest BCUT2D eigenvalue weighted by atomic mass is 9.91. The molecule has 1 amide bonds. The van der Waals surface area contributed by atoms with Gasteiger partial charge in [-0.25, -0.2) is 4.98 Å².